The third-order valence-corrected chi connectivity index (χ3v) is 8.25. The highest BCUT2D eigenvalue weighted by Crippen LogP contribution is 2.35. The molecule has 7 heteroatoms. The summed E-state index contributed by atoms with van der Waals surface area (Å²) in [5.41, 5.74) is 5.38. The molecule has 1 aliphatic carbocycles. The summed E-state index contributed by atoms with van der Waals surface area (Å²) in [7, 11) is 0. The van der Waals surface area contributed by atoms with Gasteiger partial charge in [0.15, 0.2) is 5.69 Å². The number of piperidine rings is 1. The molecule has 5 nitrogen and oxygen atoms in total. The van der Waals surface area contributed by atoms with E-state index in [1.54, 1.807) is 6.07 Å². The van der Waals surface area contributed by atoms with Crippen molar-refractivity contribution in [3.8, 4) is 11.1 Å². The SMILES string of the molecule is [C-]#[N+]c1cccc(-c2ccc(C(NCc3nc4cc(Cl)c(F)cc4[nH]3)C3CCN(CC4CC4)CC3)cc2)c1. The Hall–Kier alpha value is -3.24. The molecule has 4 aromatic rings. The molecule has 1 aromatic heterocycles. The van der Waals surface area contributed by atoms with Crippen LogP contribution in [0.1, 0.15) is 43.1 Å². The lowest BCUT2D eigenvalue weighted by Gasteiger charge is -2.37. The molecule has 6 rings (SSSR count). The van der Waals surface area contributed by atoms with Gasteiger partial charge >= 0.3 is 0 Å². The fraction of sp³-hybridized carbons (Fsp3) is 0.355. The van der Waals surface area contributed by atoms with Crippen molar-refractivity contribution in [1.29, 1.82) is 0 Å². The van der Waals surface area contributed by atoms with Crippen molar-refractivity contribution < 1.29 is 4.39 Å². The molecular formula is C31H31ClFN5. The Morgan fingerprint density at radius 2 is 1.84 bits per heavy atom. The van der Waals surface area contributed by atoms with Gasteiger partial charge in [-0.3, -0.25) is 0 Å². The molecule has 2 heterocycles. The largest absolute Gasteiger partial charge is 0.341 e. The quantitative estimate of drug-likeness (QED) is 0.233. The maximum atomic E-state index is 13.9. The van der Waals surface area contributed by atoms with E-state index in [0.29, 0.717) is 29.2 Å². The summed E-state index contributed by atoms with van der Waals surface area (Å²) in [4.78, 5) is 14.1. The number of aromatic amines is 1. The maximum absolute atomic E-state index is 13.9. The Morgan fingerprint density at radius 3 is 2.58 bits per heavy atom. The summed E-state index contributed by atoms with van der Waals surface area (Å²) in [6.45, 7) is 11.4. The van der Waals surface area contributed by atoms with Gasteiger partial charge in [-0.05, 0) is 79.4 Å². The molecule has 0 bridgehead atoms. The van der Waals surface area contributed by atoms with E-state index in [1.807, 2.05) is 24.3 Å². The molecule has 2 N–H and O–H groups in total. The normalized spacial score (nSPS) is 17.5. The average molecular weight is 528 g/mol. The van der Waals surface area contributed by atoms with Crippen molar-refractivity contribution in [2.75, 3.05) is 19.6 Å². The lowest BCUT2D eigenvalue weighted by atomic mass is 9.84. The topological polar surface area (TPSA) is 48.3 Å². The van der Waals surface area contributed by atoms with Gasteiger partial charge in [0, 0.05) is 18.7 Å². The minimum Gasteiger partial charge on any atom is -0.341 e. The van der Waals surface area contributed by atoms with Crippen LogP contribution >= 0.6 is 11.6 Å². The number of H-pyrrole nitrogens is 1. The van der Waals surface area contributed by atoms with Gasteiger partial charge in [0.1, 0.15) is 11.6 Å². The minimum atomic E-state index is -0.444. The lowest BCUT2D eigenvalue weighted by molar-refractivity contribution is 0.152. The average Bonchev–Trinajstić information content (AvgIpc) is 3.68. The van der Waals surface area contributed by atoms with Gasteiger partial charge in [-0.2, -0.15) is 0 Å². The molecule has 3 aromatic carbocycles. The predicted octanol–water partition coefficient (Wildman–Crippen LogP) is 7.53. The molecule has 1 saturated heterocycles. The number of imidazole rings is 1. The zero-order valence-electron chi connectivity index (χ0n) is 21.3. The molecule has 0 spiro atoms. The monoisotopic (exact) mass is 527 g/mol. The van der Waals surface area contributed by atoms with Crippen molar-refractivity contribution in [2.24, 2.45) is 11.8 Å². The van der Waals surface area contributed by atoms with Crippen LogP contribution in [0, 0.1) is 24.2 Å². The molecule has 2 fully saturated rings. The van der Waals surface area contributed by atoms with Crippen LogP contribution in [0.5, 0.6) is 0 Å². The summed E-state index contributed by atoms with van der Waals surface area (Å²) >= 11 is 5.96. The first kappa shape index (κ1) is 25.1. The molecule has 194 valence electrons. The summed E-state index contributed by atoms with van der Waals surface area (Å²) < 4.78 is 13.9. The van der Waals surface area contributed by atoms with E-state index in [-0.39, 0.29) is 11.1 Å². The van der Waals surface area contributed by atoms with Crippen LogP contribution in [0.4, 0.5) is 10.1 Å². The Morgan fingerprint density at radius 1 is 1.05 bits per heavy atom. The van der Waals surface area contributed by atoms with Gasteiger partial charge in [0.25, 0.3) is 0 Å². The maximum Gasteiger partial charge on any atom is 0.187 e. The number of halogens is 2. The van der Waals surface area contributed by atoms with Crippen molar-refractivity contribution in [2.45, 2.75) is 38.3 Å². The summed E-state index contributed by atoms with van der Waals surface area (Å²) in [6.07, 6.45) is 5.09. The summed E-state index contributed by atoms with van der Waals surface area (Å²) in [5.74, 6) is 1.75. The van der Waals surface area contributed by atoms with Crippen molar-refractivity contribution in [3.05, 3.63) is 94.3 Å². The van der Waals surface area contributed by atoms with E-state index in [9.17, 15) is 4.39 Å². The first-order valence-electron chi connectivity index (χ1n) is 13.4. The molecular weight excluding hydrogens is 497 g/mol. The van der Waals surface area contributed by atoms with E-state index in [0.717, 1.165) is 48.8 Å². The predicted molar refractivity (Wildman–Crippen MR) is 151 cm³/mol. The summed E-state index contributed by atoms with van der Waals surface area (Å²) in [5, 5.41) is 3.86. The number of aromatic nitrogens is 2. The van der Waals surface area contributed by atoms with Crippen LogP contribution in [0.15, 0.2) is 60.7 Å². The Labute approximate surface area is 227 Å². The van der Waals surface area contributed by atoms with Crippen LogP contribution < -0.4 is 5.32 Å². The number of hydrogen-bond acceptors (Lipinski definition) is 3. The first-order valence-corrected chi connectivity index (χ1v) is 13.8. The lowest BCUT2D eigenvalue weighted by Crippen LogP contribution is -2.39. The number of likely N-dealkylation sites (tertiary alicyclic amines) is 1. The fourth-order valence-electron chi connectivity index (χ4n) is 5.68. The second kappa shape index (κ2) is 10.9. The number of nitrogens with zero attached hydrogens (tertiary/aromatic N) is 3. The second-order valence-electron chi connectivity index (χ2n) is 10.7. The number of nitrogens with one attached hydrogen (secondary N) is 2. The Bertz CT molecular complexity index is 1420. The fourth-order valence-corrected chi connectivity index (χ4v) is 5.84. The van der Waals surface area contributed by atoms with E-state index >= 15 is 0 Å². The molecule has 1 aliphatic heterocycles. The first-order chi connectivity index (χ1) is 18.6. The molecule has 1 atom stereocenters. The van der Waals surface area contributed by atoms with Crippen LogP contribution in [0.25, 0.3) is 27.0 Å². The van der Waals surface area contributed by atoms with Crippen LogP contribution in [0.2, 0.25) is 5.02 Å². The molecule has 1 unspecified atom stereocenters. The van der Waals surface area contributed by atoms with Crippen molar-refractivity contribution in [3.63, 3.8) is 0 Å². The molecule has 38 heavy (non-hydrogen) atoms. The van der Waals surface area contributed by atoms with Gasteiger partial charge in [-0.25, -0.2) is 14.2 Å². The third kappa shape index (κ3) is 5.61. The standard InChI is InChI=1S/C31H31ClFN5/c1-34-25-4-2-3-24(15-25)21-7-9-22(10-8-21)31(23-11-13-38(14-12-23)19-20-5-6-20)35-18-30-36-28-16-26(32)27(33)17-29(28)37-30/h2-4,7-10,15-17,20,23,31,35H,5-6,11-14,18-19H2,(H,36,37). The van der Waals surface area contributed by atoms with Gasteiger partial charge in [0.05, 0.1) is 29.2 Å². The van der Waals surface area contributed by atoms with Crippen molar-refractivity contribution >= 4 is 28.3 Å². The molecule has 2 aliphatic rings. The van der Waals surface area contributed by atoms with E-state index in [1.165, 1.54) is 31.0 Å². The van der Waals surface area contributed by atoms with Gasteiger partial charge in [-0.1, -0.05) is 54.1 Å². The van der Waals surface area contributed by atoms with E-state index in [4.69, 9.17) is 18.2 Å². The highest BCUT2D eigenvalue weighted by molar-refractivity contribution is 6.31. The smallest absolute Gasteiger partial charge is 0.187 e. The number of rotatable bonds is 8. The Balaban J connectivity index is 1.22. The highest BCUT2D eigenvalue weighted by atomic mass is 35.5. The third-order valence-electron chi connectivity index (χ3n) is 7.96. The second-order valence-corrected chi connectivity index (χ2v) is 11.1. The highest BCUT2D eigenvalue weighted by Gasteiger charge is 2.31. The van der Waals surface area contributed by atoms with Crippen LogP contribution in [0.3, 0.4) is 0 Å². The Kier molecular flexibility index (Phi) is 7.16. The van der Waals surface area contributed by atoms with E-state index < -0.39 is 5.82 Å². The number of hydrogen-bond donors (Lipinski definition) is 2. The molecule has 0 radical (unpaired) electrons. The van der Waals surface area contributed by atoms with Crippen molar-refractivity contribution in [1.82, 2.24) is 20.2 Å². The van der Waals surface area contributed by atoms with Gasteiger partial charge in [0.2, 0.25) is 0 Å². The molecule has 1 saturated carbocycles. The van der Waals surface area contributed by atoms with Crippen LogP contribution in [-0.2, 0) is 6.54 Å². The van der Waals surface area contributed by atoms with Gasteiger partial charge < -0.3 is 15.2 Å². The van der Waals surface area contributed by atoms with Gasteiger partial charge in [-0.15, -0.1) is 0 Å². The van der Waals surface area contributed by atoms with Crippen LogP contribution in [-0.4, -0.2) is 34.5 Å². The minimum absolute atomic E-state index is 0.0846. The summed E-state index contributed by atoms with van der Waals surface area (Å²) in [6, 6.07) is 19.6. The zero-order valence-corrected chi connectivity index (χ0v) is 22.0. The zero-order chi connectivity index (χ0) is 26.1. The number of benzene rings is 3. The number of fused-ring (bicyclic) bond motifs is 1. The van der Waals surface area contributed by atoms with E-state index in [2.05, 4.69) is 49.3 Å². The molecule has 0 amide bonds.